The molecule has 0 radical (unpaired) electrons. The van der Waals surface area contributed by atoms with Gasteiger partial charge in [-0.25, -0.2) is 14.8 Å². The third kappa shape index (κ3) is 6.21. The molecular weight excluding hydrogens is 386 g/mol. The van der Waals surface area contributed by atoms with Crippen molar-refractivity contribution in [1.82, 2.24) is 19.9 Å². The number of benzene rings is 1. The van der Waals surface area contributed by atoms with E-state index in [2.05, 4.69) is 25.3 Å². The topological polar surface area (TPSA) is 119 Å². The van der Waals surface area contributed by atoms with Crippen molar-refractivity contribution in [2.45, 2.75) is 33.0 Å². The minimum absolute atomic E-state index is 0.167. The first-order valence-corrected chi connectivity index (χ1v) is 9.29. The maximum Gasteiger partial charge on any atom is 0.344 e. The molecule has 2 N–H and O–H groups in total. The van der Waals surface area contributed by atoms with Gasteiger partial charge in [0.2, 0.25) is 5.95 Å². The fourth-order valence-corrected chi connectivity index (χ4v) is 2.51. The third-order valence-corrected chi connectivity index (χ3v) is 3.68. The highest BCUT2D eigenvalue weighted by molar-refractivity contribution is 5.71. The average Bonchev–Trinajstić information content (AvgIpc) is 2.72. The Kier molecular flexibility index (Phi) is 6.53. The predicted molar refractivity (Wildman–Crippen MR) is 110 cm³/mol. The van der Waals surface area contributed by atoms with Crippen LogP contribution in [0.2, 0.25) is 0 Å². The smallest absolute Gasteiger partial charge is 0.344 e. The molecule has 156 valence electrons. The third-order valence-electron chi connectivity index (χ3n) is 3.68. The number of aliphatic hydroxyl groups is 1. The van der Waals surface area contributed by atoms with Gasteiger partial charge in [0, 0.05) is 23.5 Å². The van der Waals surface area contributed by atoms with Crippen LogP contribution in [0.3, 0.4) is 0 Å². The number of hydrogen-bond donors (Lipinski definition) is 2. The summed E-state index contributed by atoms with van der Waals surface area (Å²) in [6.07, 6.45) is 2.98. The Morgan fingerprint density at radius 1 is 1.13 bits per heavy atom. The molecule has 3 rings (SSSR count). The van der Waals surface area contributed by atoms with Crippen LogP contribution < -0.4 is 10.1 Å². The molecule has 0 aliphatic carbocycles. The summed E-state index contributed by atoms with van der Waals surface area (Å²) < 4.78 is 10.7. The van der Waals surface area contributed by atoms with E-state index in [1.54, 1.807) is 57.3 Å². The predicted octanol–water partition coefficient (Wildman–Crippen LogP) is 2.89. The molecule has 0 amide bonds. The van der Waals surface area contributed by atoms with E-state index in [1.165, 1.54) is 6.33 Å². The first kappa shape index (κ1) is 21.1. The summed E-state index contributed by atoms with van der Waals surface area (Å²) in [5.74, 6) is 0.845. The zero-order valence-electron chi connectivity index (χ0n) is 17.0. The van der Waals surface area contributed by atoms with E-state index >= 15 is 0 Å². The van der Waals surface area contributed by atoms with Crippen LogP contribution in [0.15, 0.2) is 48.9 Å². The number of aromatic nitrogens is 4. The van der Waals surface area contributed by atoms with Gasteiger partial charge in [-0.3, -0.25) is 4.98 Å². The summed E-state index contributed by atoms with van der Waals surface area (Å²) in [5, 5.41) is 12.3. The van der Waals surface area contributed by atoms with Crippen molar-refractivity contribution in [3.63, 3.8) is 0 Å². The van der Waals surface area contributed by atoms with Crippen molar-refractivity contribution in [3.05, 3.63) is 54.6 Å². The number of hydrogen-bond acceptors (Lipinski definition) is 9. The van der Waals surface area contributed by atoms with E-state index in [0.717, 1.165) is 0 Å². The molecule has 3 aromatic rings. The van der Waals surface area contributed by atoms with E-state index in [4.69, 9.17) is 9.47 Å². The van der Waals surface area contributed by atoms with Gasteiger partial charge in [0.1, 0.15) is 17.7 Å². The first-order valence-electron chi connectivity index (χ1n) is 9.29. The van der Waals surface area contributed by atoms with Gasteiger partial charge < -0.3 is 19.9 Å². The molecule has 0 atom stereocenters. The van der Waals surface area contributed by atoms with Crippen LogP contribution in [0, 0.1) is 0 Å². The molecule has 30 heavy (non-hydrogen) atoms. The molecule has 0 spiro atoms. The van der Waals surface area contributed by atoms with Crippen LogP contribution in [-0.4, -0.2) is 43.2 Å². The quantitative estimate of drug-likeness (QED) is 0.568. The van der Waals surface area contributed by atoms with Crippen molar-refractivity contribution >= 4 is 17.6 Å². The molecule has 9 heteroatoms. The lowest BCUT2D eigenvalue weighted by Gasteiger charge is -2.19. The van der Waals surface area contributed by atoms with Crippen molar-refractivity contribution in [3.8, 4) is 17.1 Å². The summed E-state index contributed by atoms with van der Waals surface area (Å²) in [4.78, 5) is 28.6. The number of esters is 1. The van der Waals surface area contributed by atoms with E-state index in [-0.39, 0.29) is 13.2 Å². The fourth-order valence-electron chi connectivity index (χ4n) is 2.51. The van der Waals surface area contributed by atoms with Crippen LogP contribution in [0.4, 0.5) is 11.6 Å². The van der Waals surface area contributed by atoms with Gasteiger partial charge in [-0.05, 0) is 45.0 Å². The van der Waals surface area contributed by atoms with E-state index in [0.29, 0.717) is 34.5 Å². The number of anilines is 2. The second kappa shape index (κ2) is 9.27. The van der Waals surface area contributed by atoms with E-state index in [9.17, 15) is 9.90 Å². The Balaban J connectivity index is 1.68. The van der Waals surface area contributed by atoms with Gasteiger partial charge in [-0.2, -0.15) is 4.98 Å². The Bertz CT molecular complexity index is 1020. The van der Waals surface area contributed by atoms with Crippen LogP contribution in [0.5, 0.6) is 5.75 Å². The molecule has 1 aromatic carbocycles. The summed E-state index contributed by atoms with van der Waals surface area (Å²) >= 11 is 0. The second-order valence-corrected chi connectivity index (χ2v) is 7.35. The maximum atomic E-state index is 11.8. The van der Waals surface area contributed by atoms with E-state index < -0.39 is 11.6 Å². The molecule has 2 aromatic heterocycles. The molecule has 0 fully saturated rings. The van der Waals surface area contributed by atoms with Crippen molar-refractivity contribution < 1.29 is 19.4 Å². The van der Waals surface area contributed by atoms with Crippen LogP contribution in [0.1, 0.15) is 26.5 Å². The van der Waals surface area contributed by atoms with Gasteiger partial charge in [-0.1, -0.05) is 6.07 Å². The number of carbonyl (C=O) groups is 1. The molecule has 0 saturated heterocycles. The minimum Gasteiger partial charge on any atom is -0.482 e. The van der Waals surface area contributed by atoms with Crippen molar-refractivity contribution in [2.24, 2.45) is 0 Å². The molecule has 0 saturated carbocycles. The summed E-state index contributed by atoms with van der Waals surface area (Å²) in [6, 6.07) is 10.5. The highest BCUT2D eigenvalue weighted by Crippen LogP contribution is 2.21. The van der Waals surface area contributed by atoms with Gasteiger partial charge in [-0.15, -0.1) is 0 Å². The summed E-state index contributed by atoms with van der Waals surface area (Å²) in [5.41, 5.74) is 1.36. The standard InChI is InChI=1S/C21H23N5O4/c1-21(2,3)30-18(28)12-29-17-6-4-5-15(10-17)25-20-24-13-23-19(26-20)14-7-8-22-16(9-14)11-27/h4-10,13,27H,11-12H2,1-3H3,(H,23,24,25,26). The number of aliphatic hydroxyl groups excluding tert-OH is 1. The lowest BCUT2D eigenvalue weighted by molar-refractivity contribution is -0.157. The van der Waals surface area contributed by atoms with Crippen molar-refractivity contribution in [2.75, 3.05) is 11.9 Å². The van der Waals surface area contributed by atoms with Crippen LogP contribution >= 0.6 is 0 Å². The summed E-state index contributed by atoms with van der Waals surface area (Å²) in [7, 11) is 0. The summed E-state index contributed by atoms with van der Waals surface area (Å²) in [6.45, 7) is 5.05. The van der Waals surface area contributed by atoms with Crippen LogP contribution in [-0.2, 0) is 16.1 Å². The molecule has 0 bridgehead atoms. The molecule has 0 aliphatic rings. The Morgan fingerprint density at radius 2 is 1.97 bits per heavy atom. The van der Waals surface area contributed by atoms with Crippen LogP contribution in [0.25, 0.3) is 11.4 Å². The zero-order chi connectivity index (χ0) is 21.6. The van der Waals surface area contributed by atoms with Gasteiger partial charge >= 0.3 is 5.97 Å². The first-order chi connectivity index (χ1) is 14.3. The number of nitrogens with zero attached hydrogens (tertiary/aromatic N) is 4. The zero-order valence-corrected chi connectivity index (χ0v) is 17.0. The number of nitrogens with one attached hydrogen (secondary N) is 1. The molecule has 9 nitrogen and oxygen atoms in total. The van der Waals surface area contributed by atoms with Gasteiger partial charge in [0.05, 0.1) is 12.3 Å². The lowest BCUT2D eigenvalue weighted by atomic mass is 10.2. The molecular formula is C21H23N5O4. The molecule has 0 aliphatic heterocycles. The fraction of sp³-hybridized carbons (Fsp3) is 0.286. The SMILES string of the molecule is CC(C)(C)OC(=O)COc1cccc(Nc2ncnc(-c3ccnc(CO)c3)n2)c1. The van der Waals surface area contributed by atoms with Crippen molar-refractivity contribution in [1.29, 1.82) is 0 Å². The number of pyridine rings is 1. The maximum absolute atomic E-state index is 11.8. The number of ether oxygens (including phenoxy) is 2. The highest BCUT2D eigenvalue weighted by atomic mass is 16.6. The lowest BCUT2D eigenvalue weighted by Crippen LogP contribution is -2.27. The molecule has 0 unspecified atom stereocenters. The highest BCUT2D eigenvalue weighted by Gasteiger charge is 2.16. The Hall–Kier alpha value is -3.59. The molecule has 2 heterocycles. The number of carbonyl (C=O) groups excluding carboxylic acids is 1. The average molecular weight is 409 g/mol. The van der Waals surface area contributed by atoms with Gasteiger partial charge in [0.25, 0.3) is 0 Å². The second-order valence-electron chi connectivity index (χ2n) is 7.35. The van der Waals surface area contributed by atoms with Gasteiger partial charge in [0.15, 0.2) is 12.4 Å². The normalized spacial score (nSPS) is 11.1. The van der Waals surface area contributed by atoms with E-state index in [1.807, 2.05) is 6.07 Å². The number of rotatable bonds is 7. The largest absolute Gasteiger partial charge is 0.482 e. The monoisotopic (exact) mass is 409 g/mol. The Morgan fingerprint density at radius 3 is 2.73 bits per heavy atom. The minimum atomic E-state index is -0.563. The Labute approximate surface area is 174 Å².